The molecule has 2 unspecified atom stereocenters. The van der Waals surface area contributed by atoms with Crippen LogP contribution in [-0.4, -0.2) is 55.1 Å². The Morgan fingerprint density at radius 3 is 2.21 bits per heavy atom. The SMILES string of the molecule is CC.CCCC(CCC)N1CCN(c2ccc3c(c2)C2CC3CCN2CC)CC1. The minimum absolute atomic E-state index is 0.684. The summed E-state index contributed by atoms with van der Waals surface area (Å²) in [7, 11) is 0. The smallest absolute Gasteiger partial charge is 0.0370 e. The molecule has 2 bridgehead atoms. The zero-order valence-corrected chi connectivity index (χ0v) is 19.8. The van der Waals surface area contributed by atoms with Crippen LogP contribution in [0.15, 0.2) is 18.2 Å². The van der Waals surface area contributed by atoms with Crippen LogP contribution in [0.1, 0.15) is 96.2 Å². The summed E-state index contributed by atoms with van der Waals surface area (Å²) in [5, 5.41) is 0. The van der Waals surface area contributed by atoms with Gasteiger partial charge in [-0.1, -0.05) is 53.5 Å². The number of benzene rings is 1. The Bertz CT molecular complexity index is 614. The summed E-state index contributed by atoms with van der Waals surface area (Å²) in [4.78, 5) is 8.11. The highest BCUT2D eigenvalue weighted by Gasteiger charge is 2.38. The normalized spacial score (nSPS) is 24.4. The van der Waals surface area contributed by atoms with E-state index < -0.39 is 0 Å². The Hall–Kier alpha value is -1.06. The van der Waals surface area contributed by atoms with Gasteiger partial charge in [0.05, 0.1) is 0 Å². The first-order chi connectivity index (χ1) is 14.2. The first kappa shape index (κ1) is 22.6. The summed E-state index contributed by atoms with van der Waals surface area (Å²) in [6.45, 7) is 18.3. The minimum atomic E-state index is 0.684. The summed E-state index contributed by atoms with van der Waals surface area (Å²) < 4.78 is 0. The lowest BCUT2D eigenvalue weighted by Crippen LogP contribution is -2.50. The molecule has 1 aliphatic carbocycles. The predicted octanol–water partition coefficient (Wildman–Crippen LogP) is 6.06. The van der Waals surface area contributed by atoms with E-state index in [0.717, 1.165) is 12.0 Å². The highest BCUT2D eigenvalue weighted by atomic mass is 15.3. The van der Waals surface area contributed by atoms with Crippen LogP contribution in [0.4, 0.5) is 5.69 Å². The van der Waals surface area contributed by atoms with E-state index in [1.165, 1.54) is 83.5 Å². The molecule has 0 N–H and O–H groups in total. The first-order valence-electron chi connectivity index (χ1n) is 12.6. The van der Waals surface area contributed by atoms with Gasteiger partial charge >= 0.3 is 0 Å². The average molecular weight is 400 g/mol. The molecule has 2 fully saturated rings. The van der Waals surface area contributed by atoms with Crippen LogP contribution in [0, 0.1) is 0 Å². The van der Waals surface area contributed by atoms with E-state index in [9.17, 15) is 0 Å². The number of rotatable bonds is 7. The molecular formula is C26H45N3. The second-order valence-corrected chi connectivity index (χ2v) is 8.93. The van der Waals surface area contributed by atoms with Crippen molar-refractivity contribution in [1.29, 1.82) is 0 Å². The molecule has 3 nitrogen and oxygen atoms in total. The Balaban J connectivity index is 0.00000117. The van der Waals surface area contributed by atoms with Gasteiger partial charge in [-0.3, -0.25) is 9.80 Å². The molecule has 0 aromatic heterocycles. The first-order valence-corrected chi connectivity index (χ1v) is 12.6. The molecule has 3 heteroatoms. The molecule has 0 amide bonds. The van der Waals surface area contributed by atoms with Gasteiger partial charge in [-0.2, -0.15) is 0 Å². The molecular weight excluding hydrogens is 354 g/mol. The van der Waals surface area contributed by atoms with Crippen LogP contribution in [-0.2, 0) is 0 Å². The van der Waals surface area contributed by atoms with Crippen molar-refractivity contribution in [3.63, 3.8) is 0 Å². The predicted molar refractivity (Wildman–Crippen MR) is 127 cm³/mol. The maximum Gasteiger partial charge on any atom is 0.0370 e. The summed E-state index contributed by atoms with van der Waals surface area (Å²) in [6, 6.07) is 8.93. The van der Waals surface area contributed by atoms with Gasteiger partial charge in [-0.15, -0.1) is 0 Å². The monoisotopic (exact) mass is 399 g/mol. The molecule has 2 saturated heterocycles. The number of nitrogens with zero attached hydrogens (tertiary/aromatic N) is 3. The lowest BCUT2D eigenvalue weighted by atomic mass is 9.95. The summed E-state index contributed by atoms with van der Waals surface area (Å²) in [5.41, 5.74) is 4.78. The van der Waals surface area contributed by atoms with Gasteiger partial charge in [-0.25, -0.2) is 0 Å². The molecule has 0 spiro atoms. The Morgan fingerprint density at radius 1 is 0.897 bits per heavy atom. The molecule has 2 heterocycles. The van der Waals surface area contributed by atoms with Crippen molar-refractivity contribution in [3.05, 3.63) is 29.3 Å². The fourth-order valence-electron chi connectivity index (χ4n) is 5.94. The third-order valence-corrected chi connectivity index (χ3v) is 7.43. The minimum Gasteiger partial charge on any atom is -0.369 e. The quantitative estimate of drug-likeness (QED) is 0.552. The highest BCUT2D eigenvalue weighted by Crippen LogP contribution is 2.49. The Labute approximate surface area is 180 Å². The van der Waals surface area contributed by atoms with E-state index in [4.69, 9.17) is 0 Å². The maximum absolute atomic E-state index is 2.77. The molecule has 4 rings (SSSR count). The molecule has 0 radical (unpaired) electrons. The second-order valence-electron chi connectivity index (χ2n) is 8.93. The maximum atomic E-state index is 2.77. The van der Waals surface area contributed by atoms with E-state index in [1.807, 2.05) is 13.8 Å². The van der Waals surface area contributed by atoms with Gasteiger partial charge in [0, 0.05) is 44.0 Å². The van der Waals surface area contributed by atoms with E-state index in [1.54, 1.807) is 11.1 Å². The summed E-state index contributed by atoms with van der Waals surface area (Å²) in [6.07, 6.45) is 8.06. The molecule has 29 heavy (non-hydrogen) atoms. The van der Waals surface area contributed by atoms with Gasteiger partial charge < -0.3 is 4.90 Å². The summed E-state index contributed by atoms with van der Waals surface area (Å²) in [5.74, 6) is 0.822. The van der Waals surface area contributed by atoms with Gasteiger partial charge in [0.25, 0.3) is 0 Å². The Kier molecular flexibility index (Phi) is 8.44. The van der Waals surface area contributed by atoms with Gasteiger partial charge in [0.2, 0.25) is 0 Å². The number of hydrogen-bond acceptors (Lipinski definition) is 3. The van der Waals surface area contributed by atoms with Crippen molar-refractivity contribution < 1.29 is 0 Å². The van der Waals surface area contributed by atoms with Crippen LogP contribution in [0.5, 0.6) is 0 Å². The average Bonchev–Trinajstić information content (AvgIpc) is 3.07. The third kappa shape index (κ3) is 4.82. The number of anilines is 1. The molecule has 164 valence electrons. The molecule has 2 aliphatic heterocycles. The fourth-order valence-corrected chi connectivity index (χ4v) is 5.94. The van der Waals surface area contributed by atoms with E-state index in [2.05, 4.69) is 53.7 Å². The number of piperidine rings is 1. The fraction of sp³-hybridized carbons (Fsp3) is 0.769. The van der Waals surface area contributed by atoms with Crippen molar-refractivity contribution in [2.45, 2.75) is 91.1 Å². The van der Waals surface area contributed by atoms with Crippen molar-refractivity contribution >= 4 is 5.69 Å². The van der Waals surface area contributed by atoms with Crippen LogP contribution in [0.25, 0.3) is 0 Å². The van der Waals surface area contributed by atoms with Gasteiger partial charge in [0.15, 0.2) is 0 Å². The lowest BCUT2D eigenvalue weighted by molar-refractivity contribution is 0.161. The van der Waals surface area contributed by atoms with Crippen molar-refractivity contribution in [1.82, 2.24) is 9.80 Å². The molecule has 1 aromatic carbocycles. The number of piperazine rings is 1. The largest absolute Gasteiger partial charge is 0.369 e. The zero-order chi connectivity index (χ0) is 20.8. The lowest BCUT2D eigenvalue weighted by Gasteiger charge is -2.40. The van der Waals surface area contributed by atoms with E-state index in [0.29, 0.717) is 6.04 Å². The third-order valence-electron chi connectivity index (χ3n) is 7.43. The van der Waals surface area contributed by atoms with E-state index in [-0.39, 0.29) is 0 Å². The topological polar surface area (TPSA) is 9.72 Å². The van der Waals surface area contributed by atoms with Gasteiger partial charge in [-0.05, 0) is 68.0 Å². The van der Waals surface area contributed by atoms with Crippen molar-refractivity contribution in [2.24, 2.45) is 0 Å². The van der Waals surface area contributed by atoms with Crippen LogP contribution in [0.2, 0.25) is 0 Å². The molecule has 3 aliphatic rings. The number of fused-ring (bicyclic) bond motifs is 5. The number of likely N-dealkylation sites (tertiary alicyclic amines) is 1. The van der Waals surface area contributed by atoms with Crippen LogP contribution in [0.3, 0.4) is 0 Å². The molecule has 1 aromatic rings. The number of hydrogen-bond donors (Lipinski definition) is 0. The molecule has 0 saturated carbocycles. The van der Waals surface area contributed by atoms with E-state index >= 15 is 0 Å². The highest BCUT2D eigenvalue weighted by molar-refractivity contribution is 5.55. The Morgan fingerprint density at radius 2 is 1.59 bits per heavy atom. The van der Waals surface area contributed by atoms with Crippen molar-refractivity contribution in [2.75, 3.05) is 44.2 Å². The van der Waals surface area contributed by atoms with Gasteiger partial charge in [0.1, 0.15) is 0 Å². The summed E-state index contributed by atoms with van der Waals surface area (Å²) >= 11 is 0. The standard InChI is InChI=1S/C24H39N3.C2H6/c1-4-7-20(8-5-2)26-13-15-27(16-14-26)21-9-10-22-19-11-12-25(6-3)24(17-19)23(22)18-21;1-2/h9-10,18-20,24H,4-8,11-17H2,1-3H3;1-2H3. The zero-order valence-electron chi connectivity index (χ0n) is 19.8. The molecule has 2 atom stereocenters. The van der Waals surface area contributed by atoms with Crippen LogP contribution < -0.4 is 4.90 Å². The van der Waals surface area contributed by atoms with Crippen LogP contribution >= 0.6 is 0 Å². The van der Waals surface area contributed by atoms with Crippen molar-refractivity contribution in [3.8, 4) is 0 Å². The second kappa shape index (κ2) is 10.8.